The fourth-order valence-corrected chi connectivity index (χ4v) is 2.87. The summed E-state index contributed by atoms with van der Waals surface area (Å²) < 4.78 is 5.62. The molecular weight excluding hydrogens is 308 g/mol. The third-order valence-corrected chi connectivity index (χ3v) is 3.99. The van der Waals surface area contributed by atoms with Gasteiger partial charge in [0.2, 0.25) is 5.91 Å². The highest BCUT2D eigenvalue weighted by Crippen LogP contribution is 2.24. The van der Waals surface area contributed by atoms with Gasteiger partial charge < -0.3 is 15.4 Å². The lowest BCUT2D eigenvalue weighted by Gasteiger charge is -2.10. The Kier molecular flexibility index (Phi) is 5.61. The number of amides is 1. The zero-order valence-corrected chi connectivity index (χ0v) is 13.1. The summed E-state index contributed by atoms with van der Waals surface area (Å²) in [6.07, 6.45) is 0.420. The molecule has 112 valence electrons. The number of ether oxygens (including phenoxy) is 1. The molecule has 1 amide bonds. The standard InChI is InChI=1S/C15H16N2O2S.ClH/c18-15(9-13-2-1-7-20-13)17-12-3-4-14-11(8-12)10-16-5-6-19-14;/h1-4,7-8,16H,5-6,9-10H2,(H,17,18);1H. The van der Waals surface area contributed by atoms with Crippen LogP contribution in [-0.2, 0) is 17.8 Å². The molecule has 0 saturated heterocycles. The highest BCUT2D eigenvalue weighted by Gasteiger charge is 2.10. The van der Waals surface area contributed by atoms with E-state index in [4.69, 9.17) is 4.74 Å². The van der Waals surface area contributed by atoms with E-state index >= 15 is 0 Å². The van der Waals surface area contributed by atoms with Gasteiger partial charge in [0.1, 0.15) is 12.4 Å². The van der Waals surface area contributed by atoms with Gasteiger partial charge in [-0.05, 0) is 29.6 Å². The first-order valence-corrected chi connectivity index (χ1v) is 7.48. The van der Waals surface area contributed by atoms with Gasteiger partial charge >= 0.3 is 0 Å². The Bertz CT molecular complexity index is 602. The van der Waals surface area contributed by atoms with Crippen LogP contribution in [0.4, 0.5) is 5.69 Å². The van der Waals surface area contributed by atoms with Crippen molar-refractivity contribution in [1.29, 1.82) is 0 Å². The van der Waals surface area contributed by atoms with E-state index in [1.165, 1.54) is 0 Å². The molecule has 1 aliphatic heterocycles. The zero-order valence-electron chi connectivity index (χ0n) is 11.4. The number of carbonyl (C=O) groups excluding carboxylic acids is 1. The van der Waals surface area contributed by atoms with Crippen LogP contribution in [0.15, 0.2) is 35.7 Å². The summed E-state index contributed by atoms with van der Waals surface area (Å²) in [6.45, 7) is 2.29. The second-order valence-corrected chi connectivity index (χ2v) is 5.68. The molecule has 0 radical (unpaired) electrons. The van der Waals surface area contributed by atoms with Crippen LogP contribution in [0.1, 0.15) is 10.4 Å². The average Bonchev–Trinajstić information content (AvgIpc) is 2.82. The maximum Gasteiger partial charge on any atom is 0.229 e. The maximum atomic E-state index is 12.0. The Hall–Kier alpha value is -1.56. The predicted octanol–water partition coefficient (Wildman–Crippen LogP) is 2.83. The number of fused-ring (bicyclic) bond motifs is 1. The molecular formula is C15H17ClN2O2S. The van der Waals surface area contributed by atoms with Gasteiger partial charge in [-0.1, -0.05) is 6.07 Å². The summed E-state index contributed by atoms with van der Waals surface area (Å²) in [5.74, 6) is 0.904. The zero-order chi connectivity index (χ0) is 13.8. The third-order valence-electron chi connectivity index (χ3n) is 3.11. The van der Waals surface area contributed by atoms with Crippen LogP contribution in [0, 0.1) is 0 Å². The number of hydrogen-bond acceptors (Lipinski definition) is 4. The Labute approximate surface area is 133 Å². The summed E-state index contributed by atoms with van der Waals surface area (Å²) in [5, 5.41) is 8.20. The van der Waals surface area contributed by atoms with E-state index in [-0.39, 0.29) is 18.3 Å². The Morgan fingerprint density at radius 2 is 2.29 bits per heavy atom. The molecule has 0 bridgehead atoms. The third kappa shape index (κ3) is 4.20. The van der Waals surface area contributed by atoms with E-state index < -0.39 is 0 Å². The van der Waals surface area contributed by atoms with Crippen LogP contribution >= 0.6 is 23.7 Å². The van der Waals surface area contributed by atoms with Crippen molar-refractivity contribution in [2.24, 2.45) is 0 Å². The molecule has 1 aromatic heterocycles. The number of benzene rings is 1. The minimum absolute atomic E-state index is 0. The van der Waals surface area contributed by atoms with Crippen LogP contribution < -0.4 is 15.4 Å². The molecule has 2 N–H and O–H groups in total. The Balaban J connectivity index is 0.00000161. The molecule has 1 aromatic carbocycles. The first-order chi connectivity index (χ1) is 9.81. The van der Waals surface area contributed by atoms with Crippen molar-refractivity contribution < 1.29 is 9.53 Å². The van der Waals surface area contributed by atoms with E-state index in [0.717, 1.165) is 35.0 Å². The van der Waals surface area contributed by atoms with E-state index in [1.807, 2.05) is 35.7 Å². The van der Waals surface area contributed by atoms with Crippen LogP contribution in [-0.4, -0.2) is 19.1 Å². The highest BCUT2D eigenvalue weighted by molar-refractivity contribution is 7.10. The van der Waals surface area contributed by atoms with Crippen molar-refractivity contribution in [3.63, 3.8) is 0 Å². The van der Waals surface area contributed by atoms with E-state index in [2.05, 4.69) is 10.6 Å². The van der Waals surface area contributed by atoms with E-state index in [1.54, 1.807) is 11.3 Å². The Morgan fingerprint density at radius 3 is 3.10 bits per heavy atom. The molecule has 4 nitrogen and oxygen atoms in total. The van der Waals surface area contributed by atoms with Crippen molar-refractivity contribution in [2.45, 2.75) is 13.0 Å². The fourth-order valence-electron chi connectivity index (χ4n) is 2.17. The number of carbonyl (C=O) groups is 1. The van der Waals surface area contributed by atoms with E-state index in [0.29, 0.717) is 13.0 Å². The topological polar surface area (TPSA) is 50.4 Å². The quantitative estimate of drug-likeness (QED) is 0.912. The lowest BCUT2D eigenvalue weighted by Crippen LogP contribution is -2.16. The van der Waals surface area contributed by atoms with E-state index in [9.17, 15) is 4.79 Å². The van der Waals surface area contributed by atoms with Gasteiger partial charge in [0, 0.05) is 29.2 Å². The van der Waals surface area contributed by atoms with Gasteiger partial charge in [0.15, 0.2) is 0 Å². The molecule has 0 unspecified atom stereocenters. The maximum absolute atomic E-state index is 12.0. The summed E-state index contributed by atoms with van der Waals surface area (Å²) in [5.41, 5.74) is 1.90. The number of hydrogen-bond donors (Lipinski definition) is 2. The minimum Gasteiger partial charge on any atom is -0.492 e. The van der Waals surface area contributed by atoms with Crippen molar-refractivity contribution >= 4 is 35.3 Å². The predicted molar refractivity (Wildman–Crippen MR) is 87.5 cm³/mol. The first kappa shape index (κ1) is 15.8. The lowest BCUT2D eigenvalue weighted by atomic mass is 10.1. The minimum atomic E-state index is 0. The molecule has 3 rings (SSSR count). The number of halogens is 1. The van der Waals surface area contributed by atoms with Crippen LogP contribution in [0.2, 0.25) is 0 Å². The molecule has 6 heteroatoms. The average molecular weight is 325 g/mol. The van der Waals surface area contributed by atoms with Gasteiger partial charge in [-0.3, -0.25) is 4.79 Å². The number of thiophene rings is 1. The van der Waals surface area contributed by atoms with Crippen molar-refractivity contribution in [1.82, 2.24) is 5.32 Å². The molecule has 1 aliphatic rings. The summed E-state index contributed by atoms with van der Waals surface area (Å²) in [6, 6.07) is 9.71. The van der Waals surface area contributed by atoms with Crippen LogP contribution in [0.3, 0.4) is 0 Å². The summed E-state index contributed by atoms with van der Waals surface area (Å²) in [4.78, 5) is 13.0. The normalized spacial score (nSPS) is 13.3. The first-order valence-electron chi connectivity index (χ1n) is 6.60. The second-order valence-electron chi connectivity index (χ2n) is 4.65. The van der Waals surface area contributed by atoms with Gasteiger partial charge in [-0.25, -0.2) is 0 Å². The summed E-state index contributed by atoms with van der Waals surface area (Å²) in [7, 11) is 0. The molecule has 21 heavy (non-hydrogen) atoms. The van der Waals surface area contributed by atoms with Crippen molar-refractivity contribution in [3.8, 4) is 5.75 Å². The largest absolute Gasteiger partial charge is 0.492 e. The molecule has 0 spiro atoms. The second kappa shape index (κ2) is 7.45. The van der Waals surface area contributed by atoms with Crippen LogP contribution in [0.5, 0.6) is 5.75 Å². The molecule has 0 aliphatic carbocycles. The van der Waals surface area contributed by atoms with Gasteiger partial charge in [0.05, 0.1) is 6.42 Å². The van der Waals surface area contributed by atoms with Gasteiger partial charge in [-0.2, -0.15) is 0 Å². The lowest BCUT2D eigenvalue weighted by molar-refractivity contribution is -0.115. The number of anilines is 1. The van der Waals surface area contributed by atoms with Gasteiger partial charge in [0.25, 0.3) is 0 Å². The molecule has 0 fully saturated rings. The Morgan fingerprint density at radius 1 is 1.38 bits per heavy atom. The van der Waals surface area contributed by atoms with Gasteiger partial charge in [-0.15, -0.1) is 23.7 Å². The highest BCUT2D eigenvalue weighted by atomic mass is 35.5. The van der Waals surface area contributed by atoms with Crippen molar-refractivity contribution in [3.05, 3.63) is 46.2 Å². The number of nitrogens with one attached hydrogen (secondary N) is 2. The molecule has 2 heterocycles. The number of rotatable bonds is 3. The fraction of sp³-hybridized carbons (Fsp3) is 0.267. The van der Waals surface area contributed by atoms with Crippen molar-refractivity contribution in [2.75, 3.05) is 18.5 Å². The molecule has 0 atom stereocenters. The monoisotopic (exact) mass is 324 g/mol. The SMILES string of the molecule is Cl.O=C(Cc1cccs1)Nc1ccc2c(c1)CNCCO2. The van der Waals surface area contributed by atoms with Crippen LogP contribution in [0.25, 0.3) is 0 Å². The molecule has 2 aromatic rings. The molecule has 0 saturated carbocycles. The smallest absolute Gasteiger partial charge is 0.229 e. The summed E-state index contributed by atoms with van der Waals surface area (Å²) >= 11 is 1.60.